The van der Waals surface area contributed by atoms with Crippen molar-refractivity contribution in [3.8, 4) is 0 Å². The van der Waals surface area contributed by atoms with Crippen molar-refractivity contribution in [3.05, 3.63) is 71.2 Å². The Bertz CT molecular complexity index is 1240. The molecule has 8 nitrogen and oxygen atoms in total. The highest BCUT2D eigenvalue weighted by atomic mass is 32.2. The number of nitrogens with zero attached hydrogens (tertiary/aromatic N) is 3. The largest absolute Gasteiger partial charge is 0.327 e. The number of aryl methyl sites for hydroxylation is 1. The lowest BCUT2D eigenvalue weighted by Gasteiger charge is -2.24. The highest BCUT2D eigenvalue weighted by Gasteiger charge is 2.35. The summed E-state index contributed by atoms with van der Waals surface area (Å²) in [7, 11) is -2.24. The lowest BCUT2D eigenvalue weighted by molar-refractivity contribution is -0.119. The standard InChI is InChI=1S/C23H24N4O4S2/c1-16-5-11-19(12-6-16)33(30,31)26(2)18-9-7-17(8-10-18)22(29)27-14-3-4-20(27)21(28)25-23-24-13-15-32-23/h5-13,15,20H,3-4,14H2,1-2H3,(H,24,25,28). The maximum absolute atomic E-state index is 13.1. The molecule has 2 heterocycles. The Morgan fingerprint density at radius 2 is 1.82 bits per heavy atom. The first-order valence-corrected chi connectivity index (χ1v) is 12.8. The number of carbonyl (C=O) groups is 2. The first kappa shape index (κ1) is 22.9. The molecule has 2 aromatic carbocycles. The van der Waals surface area contributed by atoms with Gasteiger partial charge in [0.25, 0.3) is 15.9 Å². The minimum Gasteiger partial charge on any atom is -0.327 e. The number of amides is 2. The number of likely N-dealkylation sites (tertiary alicyclic amines) is 1. The smallest absolute Gasteiger partial charge is 0.264 e. The zero-order valence-electron chi connectivity index (χ0n) is 18.3. The van der Waals surface area contributed by atoms with Crippen LogP contribution in [0.5, 0.6) is 0 Å². The molecule has 1 atom stereocenters. The fourth-order valence-electron chi connectivity index (χ4n) is 3.74. The Kier molecular flexibility index (Phi) is 6.48. The molecular formula is C23H24N4O4S2. The second-order valence-corrected chi connectivity index (χ2v) is 10.7. The minimum absolute atomic E-state index is 0.196. The average Bonchev–Trinajstić information content (AvgIpc) is 3.51. The summed E-state index contributed by atoms with van der Waals surface area (Å²) < 4.78 is 27.0. The van der Waals surface area contributed by atoms with Crippen LogP contribution in [0.25, 0.3) is 0 Å². The van der Waals surface area contributed by atoms with Crippen LogP contribution < -0.4 is 9.62 Å². The van der Waals surface area contributed by atoms with E-state index < -0.39 is 16.1 Å². The van der Waals surface area contributed by atoms with Crippen molar-refractivity contribution in [1.82, 2.24) is 9.88 Å². The number of thiazole rings is 1. The monoisotopic (exact) mass is 484 g/mol. The Morgan fingerprint density at radius 3 is 2.45 bits per heavy atom. The SMILES string of the molecule is Cc1ccc(S(=O)(=O)N(C)c2ccc(C(=O)N3CCCC3C(=O)Nc3nccs3)cc2)cc1. The molecule has 0 saturated carbocycles. The van der Waals surface area contributed by atoms with Crippen LogP contribution in [0.3, 0.4) is 0 Å². The Balaban J connectivity index is 1.48. The molecule has 33 heavy (non-hydrogen) atoms. The summed E-state index contributed by atoms with van der Waals surface area (Å²) in [5.74, 6) is -0.515. The molecule has 0 aliphatic carbocycles. The van der Waals surface area contributed by atoms with Gasteiger partial charge in [-0.05, 0) is 56.2 Å². The Morgan fingerprint density at radius 1 is 1.12 bits per heavy atom. The number of carbonyl (C=O) groups excluding carboxylic acids is 2. The van der Waals surface area contributed by atoms with Gasteiger partial charge in [0, 0.05) is 30.7 Å². The average molecular weight is 485 g/mol. The maximum Gasteiger partial charge on any atom is 0.264 e. The van der Waals surface area contributed by atoms with Crippen LogP contribution >= 0.6 is 11.3 Å². The van der Waals surface area contributed by atoms with Gasteiger partial charge in [0.05, 0.1) is 10.6 Å². The van der Waals surface area contributed by atoms with Gasteiger partial charge < -0.3 is 10.2 Å². The zero-order valence-corrected chi connectivity index (χ0v) is 19.9. The molecule has 0 spiro atoms. The minimum atomic E-state index is -3.72. The van der Waals surface area contributed by atoms with E-state index in [1.807, 2.05) is 6.92 Å². The quantitative estimate of drug-likeness (QED) is 0.577. The number of sulfonamides is 1. The molecule has 1 fully saturated rings. The number of aromatic nitrogens is 1. The molecule has 0 radical (unpaired) electrons. The highest BCUT2D eigenvalue weighted by Crippen LogP contribution is 2.25. The summed E-state index contributed by atoms with van der Waals surface area (Å²) >= 11 is 1.32. The molecule has 10 heteroatoms. The van der Waals surface area contributed by atoms with Gasteiger partial charge in [-0.25, -0.2) is 13.4 Å². The molecule has 1 unspecified atom stereocenters. The van der Waals surface area contributed by atoms with Gasteiger partial charge >= 0.3 is 0 Å². The van der Waals surface area contributed by atoms with Gasteiger partial charge in [-0.15, -0.1) is 11.3 Å². The summed E-state index contributed by atoms with van der Waals surface area (Å²) in [5.41, 5.74) is 1.81. The lowest BCUT2D eigenvalue weighted by Crippen LogP contribution is -2.43. The van der Waals surface area contributed by atoms with Crippen LogP contribution in [0.15, 0.2) is 65.0 Å². The third-order valence-electron chi connectivity index (χ3n) is 5.64. The van der Waals surface area contributed by atoms with E-state index in [2.05, 4.69) is 10.3 Å². The molecule has 0 bridgehead atoms. The molecule has 1 N–H and O–H groups in total. The molecule has 4 rings (SSSR count). The van der Waals surface area contributed by atoms with Crippen molar-refractivity contribution < 1.29 is 18.0 Å². The van der Waals surface area contributed by atoms with Gasteiger partial charge in [0.1, 0.15) is 6.04 Å². The number of anilines is 2. The van der Waals surface area contributed by atoms with Crippen LogP contribution in [0.1, 0.15) is 28.8 Å². The van der Waals surface area contributed by atoms with Crippen LogP contribution in [0.4, 0.5) is 10.8 Å². The lowest BCUT2D eigenvalue weighted by atomic mass is 10.1. The van der Waals surface area contributed by atoms with Gasteiger partial charge in [0.15, 0.2) is 5.13 Å². The van der Waals surface area contributed by atoms with Crippen molar-refractivity contribution in [3.63, 3.8) is 0 Å². The first-order valence-electron chi connectivity index (χ1n) is 10.4. The Hall–Kier alpha value is -3.24. The number of benzene rings is 2. The summed E-state index contributed by atoms with van der Waals surface area (Å²) in [4.78, 5) is 31.6. The third kappa shape index (κ3) is 4.76. The van der Waals surface area contributed by atoms with E-state index in [0.29, 0.717) is 29.3 Å². The molecule has 1 aromatic heterocycles. The van der Waals surface area contributed by atoms with Crippen molar-refractivity contribution >= 4 is 44.0 Å². The van der Waals surface area contributed by atoms with Crippen LogP contribution in [-0.4, -0.2) is 49.8 Å². The second-order valence-electron chi connectivity index (χ2n) is 7.82. The van der Waals surface area contributed by atoms with Gasteiger partial charge in [-0.1, -0.05) is 17.7 Å². The summed E-state index contributed by atoms with van der Waals surface area (Å²) in [6.45, 7) is 2.38. The number of rotatable bonds is 6. The van der Waals surface area contributed by atoms with E-state index in [1.54, 1.807) is 65.0 Å². The summed E-state index contributed by atoms with van der Waals surface area (Å²) in [5, 5.41) is 5.03. The summed E-state index contributed by atoms with van der Waals surface area (Å²) in [6.07, 6.45) is 2.92. The molecule has 3 aromatic rings. The van der Waals surface area contributed by atoms with E-state index >= 15 is 0 Å². The number of hydrogen-bond donors (Lipinski definition) is 1. The van der Waals surface area contributed by atoms with Crippen LogP contribution in [0, 0.1) is 6.92 Å². The normalized spacial score (nSPS) is 15.9. The fourth-order valence-corrected chi connectivity index (χ4v) is 5.47. The topological polar surface area (TPSA) is 99.7 Å². The van der Waals surface area contributed by atoms with Gasteiger partial charge in [-0.3, -0.25) is 13.9 Å². The molecule has 172 valence electrons. The van der Waals surface area contributed by atoms with Crippen LogP contribution in [0.2, 0.25) is 0 Å². The van der Waals surface area contributed by atoms with Crippen molar-refractivity contribution in [1.29, 1.82) is 0 Å². The molecular weight excluding hydrogens is 460 g/mol. The number of nitrogens with one attached hydrogen (secondary N) is 1. The first-order chi connectivity index (χ1) is 15.8. The molecule has 1 aliphatic rings. The van der Waals surface area contributed by atoms with E-state index in [4.69, 9.17) is 0 Å². The van der Waals surface area contributed by atoms with Crippen molar-refractivity contribution in [2.75, 3.05) is 23.2 Å². The van der Waals surface area contributed by atoms with Crippen molar-refractivity contribution in [2.24, 2.45) is 0 Å². The maximum atomic E-state index is 13.1. The van der Waals surface area contributed by atoms with E-state index in [1.165, 1.54) is 22.7 Å². The van der Waals surface area contributed by atoms with E-state index in [9.17, 15) is 18.0 Å². The molecule has 1 saturated heterocycles. The van der Waals surface area contributed by atoms with E-state index in [-0.39, 0.29) is 16.7 Å². The highest BCUT2D eigenvalue weighted by molar-refractivity contribution is 7.92. The van der Waals surface area contributed by atoms with Crippen molar-refractivity contribution in [2.45, 2.75) is 30.7 Å². The number of hydrogen-bond acceptors (Lipinski definition) is 6. The third-order valence-corrected chi connectivity index (χ3v) is 8.12. The predicted molar refractivity (Wildman–Crippen MR) is 128 cm³/mol. The molecule has 2 amide bonds. The Labute approximate surface area is 196 Å². The van der Waals surface area contributed by atoms with Gasteiger partial charge in [0.2, 0.25) is 5.91 Å². The summed E-state index contributed by atoms with van der Waals surface area (Å²) in [6, 6.07) is 12.5. The van der Waals surface area contributed by atoms with Gasteiger partial charge in [-0.2, -0.15) is 0 Å². The predicted octanol–water partition coefficient (Wildman–Crippen LogP) is 3.52. The second kappa shape index (κ2) is 9.32. The van der Waals surface area contributed by atoms with E-state index in [0.717, 1.165) is 12.0 Å². The fraction of sp³-hybridized carbons (Fsp3) is 0.261. The van der Waals surface area contributed by atoms with Crippen LogP contribution in [-0.2, 0) is 14.8 Å². The molecule has 1 aliphatic heterocycles. The zero-order chi connectivity index (χ0) is 23.6.